The second kappa shape index (κ2) is 8.41. The molecular formula is C21H20N4O4S. The van der Waals surface area contributed by atoms with Crippen molar-refractivity contribution >= 4 is 21.7 Å². The highest BCUT2D eigenvalue weighted by Gasteiger charge is 2.23. The van der Waals surface area contributed by atoms with E-state index in [1.165, 1.54) is 42.1 Å². The summed E-state index contributed by atoms with van der Waals surface area (Å²) in [6, 6.07) is 16.6. The quantitative estimate of drug-likeness (QED) is 0.586. The number of ether oxygens (including phenoxy) is 1. The topological polar surface area (TPSA) is 127 Å². The zero-order valence-electron chi connectivity index (χ0n) is 16.4. The largest absolute Gasteiger partial charge is 0.464 e. The van der Waals surface area contributed by atoms with Gasteiger partial charge >= 0.3 is 5.97 Å². The Bertz CT molecular complexity index is 1210. The fourth-order valence-corrected chi connectivity index (χ4v) is 4.25. The second-order valence-corrected chi connectivity index (χ2v) is 8.24. The first-order valence-electron chi connectivity index (χ1n) is 8.95. The first-order chi connectivity index (χ1) is 14.3. The molecule has 0 aliphatic carbocycles. The van der Waals surface area contributed by atoms with E-state index in [0.29, 0.717) is 5.69 Å². The van der Waals surface area contributed by atoms with E-state index >= 15 is 0 Å². The highest BCUT2D eigenvalue weighted by atomic mass is 32.2. The van der Waals surface area contributed by atoms with Crippen LogP contribution in [0.2, 0.25) is 0 Å². The number of carbonyl (C=O) groups is 1. The number of anilines is 1. The van der Waals surface area contributed by atoms with E-state index in [2.05, 4.69) is 4.72 Å². The molecule has 1 atom stereocenters. The molecule has 0 saturated heterocycles. The van der Waals surface area contributed by atoms with Gasteiger partial charge in [-0.3, -0.25) is 0 Å². The van der Waals surface area contributed by atoms with Gasteiger partial charge in [-0.05, 0) is 36.8 Å². The van der Waals surface area contributed by atoms with Crippen LogP contribution in [0.25, 0.3) is 5.69 Å². The summed E-state index contributed by atoms with van der Waals surface area (Å²) in [6.45, 7) is 1.76. The van der Waals surface area contributed by atoms with Gasteiger partial charge < -0.3 is 15.0 Å². The minimum Gasteiger partial charge on any atom is -0.464 e. The molecule has 1 heterocycles. The van der Waals surface area contributed by atoms with Gasteiger partial charge in [0.2, 0.25) is 10.0 Å². The van der Waals surface area contributed by atoms with Gasteiger partial charge in [0.25, 0.3) is 0 Å². The van der Waals surface area contributed by atoms with E-state index in [0.717, 1.165) is 5.56 Å². The van der Waals surface area contributed by atoms with Crippen molar-refractivity contribution in [1.82, 2.24) is 9.29 Å². The number of nitrogens with one attached hydrogen (secondary N) is 1. The van der Waals surface area contributed by atoms with Gasteiger partial charge in [-0.25, -0.2) is 17.9 Å². The monoisotopic (exact) mass is 424 g/mol. The molecule has 0 aliphatic heterocycles. The van der Waals surface area contributed by atoms with E-state index < -0.39 is 22.0 Å². The lowest BCUT2D eigenvalue weighted by atomic mass is 10.1. The van der Waals surface area contributed by atoms with Crippen LogP contribution in [0, 0.1) is 11.3 Å². The number of nitriles is 1. The highest BCUT2D eigenvalue weighted by Crippen LogP contribution is 2.25. The molecule has 3 aromatic rings. The van der Waals surface area contributed by atoms with E-state index in [1.54, 1.807) is 6.92 Å². The molecule has 3 N–H and O–H groups in total. The average molecular weight is 424 g/mol. The van der Waals surface area contributed by atoms with Crippen molar-refractivity contribution in [3.63, 3.8) is 0 Å². The summed E-state index contributed by atoms with van der Waals surface area (Å²) in [5, 5.41) is 9.20. The van der Waals surface area contributed by atoms with Crippen molar-refractivity contribution < 1.29 is 17.9 Å². The molecule has 0 saturated carbocycles. The Kier molecular flexibility index (Phi) is 5.91. The van der Waals surface area contributed by atoms with Gasteiger partial charge in [0.1, 0.15) is 6.07 Å². The summed E-state index contributed by atoms with van der Waals surface area (Å²) in [6.07, 6.45) is 1.40. The van der Waals surface area contributed by atoms with Gasteiger partial charge in [-0.15, -0.1) is 0 Å². The average Bonchev–Trinajstić information content (AvgIpc) is 3.10. The van der Waals surface area contributed by atoms with Crippen LogP contribution in [0.5, 0.6) is 0 Å². The Hall–Kier alpha value is -3.61. The van der Waals surface area contributed by atoms with Crippen LogP contribution in [0.15, 0.2) is 65.7 Å². The number of aromatic nitrogens is 1. The van der Waals surface area contributed by atoms with Crippen molar-refractivity contribution in [2.45, 2.75) is 17.9 Å². The zero-order chi connectivity index (χ0) is 21.9. The van der Waals surface area contributed by atoms with Crippen LogP contribution >= 0.6 is 0 Å². The minimum absolute atomic E-state index is 0.000446. The maximum Gasteiger partial charge on any atom is 0.357 e. The number of hydrogen-bond acceptors (Lipinski definition) is 6. The SMILES string of the molecule is COC(=O)c1c(N)c(C#N)cn1-c1ccc(S(=O)(=O)NC(C)c2ccccc2)cc1. The van der Waals surface area contributed by atoms with Crippen LogP contribution in [0.4, 0.5) is 5.69 Å². The van der Waals surface area contributed by atoms with Gasteiger partial charge in [0, 0.05) is 17.9 Å². The molecule has 0 radical (unpaired) electrons. The molecule has 1 unspecified atom stereocenters. The van der Waals surface area contributed by atoms with Crippen molar-refractivity contribution in [3.8, 4) is 11.8 Å². The number of benzene rings is 2. The molecule has 30 heavy (non-hydrogen) atoms. The summed E-state index contributed by atoms with van der Waals surface area (Å²) in [4.78, 5) is 12.2. The minimum atomic E-state index is -3.77. The molecular weight excluding hydrogens is 404 g/mol. The van der Waals surface area contributed by atoms with Crippen molar-refractivity contribution in [2.75, 3.05) is 12.8 Å². The van der Waals surface area contributed by atoms with Gasteiger partial charge in [0.05, 0.1) is 23.3 Å². The summed E-state index contributed by atoms with van der Waals surface area (Å²) >= 11 is 0. The number of nitrogen functional groups attached to an aromatic ring is 1. The summed E-state index contributed by atoms with van der Waals surface area (Å²) in [5.41, 5.74) is 7.30. The fraction of sp³-hybridized carbons (Fsp3) is 0.143. The Morgan fingerprint density at radius 1 is 1.17 bits per heavy atom. The third kappa shape index (κ3) is 4.05. The van der Waals surface area contributed by atoms with E-state index in [4.69, 9.17) is 10.5 Å². The van der Waals surface area contributed by atoms with Crippen LogP contribution in [-0.2, 0) is 14.8 Å². The molecule has 3 rings (SSSR count). The number of nitrogens with zero attached hydrogens (tertiary/aromatic N) is 2. The van der Waals surface area contributed by atoms with Crippen molar-refractivity contribution in [3.05, 3.63) is 77.6 Å². The molecule has 154 valence electrons. The number of methoxy groups -OCH3 is 1. The third-order valence-corrected chi connectivity index (χ3v) is 6.16. The Balaban J connectivity index is 1.92. The summed E-state index contributed by atoms with van der Waals surface area (Å²) in [7, 11) is -2.56. The van der Waals surface area contributed by atoms with Gasteiger partial charge in [-0.2, -0.15) is 5.26 Å². The number of rotatable bonds is 6. The second-order valence-electron chi connectivity index (χ2n) is 6.53. The molecule has 0 amide bonds. The smallest absolute Gasteiger partial charge is 0.357 e. The first kappa shape index (κ1) is 21.1. The van der Waals surface area contributed by atoms with Crippen LogP contribution in [-0.4, -0.2) is 26.1 Å². The lowest BCUT2D eigenvalue weighted by molar-refractivity contribution is 0.0593. The van der Waals surface area contributed by atoms with Crippen LogP contribution in [0.1, 0.15) is 34.6 Å². The molecule has 1 aromatic heterocycles. The lowest BCUT2D eigenvalue weighted by Gasteiger charge is -2.15. The van der Waals surface area contributed by atoms with Gasteiger partial charge in [-0.1, -0.05) is 30.3 Å². The first-order valence-corrected chi connectivity index (χ1v) is 10.4. The predicted octanol–water partition coefficient (Wildman–Crippen LogP) is 2.76. The number of hydrogen-bond donors (Lipinski definition) is 2. The predicted molar refractivity (Wildman–Crippen MR) is 111 cm³/mol. The molecule has 2 aromatic carbocycles. The lowest BCUT2D eigenvalue weighted by Crippen LogP contribution is -2.26. The molecule has 0 fully saturated rings. The number of esters is 1. The molecule has 9 heteroatoms. The highest BCUT2D eigenvalue weighted by molar-refractivity contribution is 7.89. The summed E-state index contributed by atoms with van der Waals surface area (Å²) in [5.74, 6) is -0.705. The number of nitrogens with two attached hydrogens (primary N) is 1. The third-order valence-electron chi connectivity index (χ3n) is 4.60. The molecule has 0 bridgehead atoms. The Morgan fingerprint density at radius 2 is 1.80 bits per heavy atom. The molecule has 0 aliphatic rings. The normalized spacial score (nSPS) is 12.2. The Labute approximate surface area is 174 Å². The van der Waals surface area contributed by atoms with Crippen LogP contribution < -0.4 is 10.5 Å². The maximum atomic E-state index is 12.7. The van der Waals surface area contributed by atoms with E-state index in [9.17, 15) is 18.5 Å². The van der Waals surface area contributed by atoms with Crippen LogP contribution in [0.3, 0.4) is 0 Å². The Morgan fingerprint density at radius 3 is 2.37 bits per heavy atom. The maximum absolute atomic E-state index is 12.7. The summed E-state index contributed by atoms with van der Waals surface area (Å²) < 4.78 is 34.3. The van der Waals surface area contributed by atoms with Crippen molar-refractivity contribution in [1.29, 1.82) is 5.26 Å². The number of carbonyl (C=O) groups excluding carboxylic acids is 1. The standard InChI is InChI=1S/C21H20N4O4S/c1-14(15-6-4-3-5-7-15)24-30(27,28)18-10-8-17(9-11-18)25-13-16(12-22)19(23)20(25)21(26)29-2/h3-11,13-14,24H,23H2,1-2H3. The molecule has 8 nitrogen and oxygen atoms in total. The fourth-order valence-electron chi connectivity index (χ4n) is 3.01. The number of sulfonamides is 1. The zero-order valence-corrected chi connectivity index (χ0v) is 17.2. The van der Waals surface area contributed by atoms with Gasteiger partial charge in [0.15, 0.2) is 5.69 Å². The molecule has 0 spiro atoms. The van der Waals surface area contributed by atoms with Crippen molar-refractivity contribution in [2.24, 2.45) is 0 Å². The van der Waals surface area contributed by atoms with E-state index in [1.807, 2.05) is 36.4 Å². The van der Waals surface area contributed by atoms with E-state index in [-0.39, 0.29) is 21.8 Å².